The van der Waals surface area contributed by atoms with Crippen LogP contribution in [0.15, 0.2) is 24.3 Å². The lowest BCUT2D eigenvalue weighted by atomic mass is 10.0. The van der Waals surface area contributed by atoms with Crippen molar-refractivity contribution in [1.82, 2.24) is 4.90 Å². The van der Waals surface area contributed by atoms with Crippen LogP contribution in [0.25, 0.3) is 0 Å². The third-order valence-corrected chi connectivity index (χ3v) is 3.65. The molecule has 1 rings (SSSR count). The fraction of sp³-hybridized carbons (Fsp3) is 0.600. The van der Waals surface area contributed by atoms with Gasteiger partial charge in [-0.1, -0.05) is 31.2 Å². The minimum atomic E-state index is 0.275. The molecule has 0 fully saturated rings. The highest BCUT2D eigenvalue weighted by atomic mass is 16.5. The smallest absolute Gasteiger partial charge is 0.0713 e. The Morgan fingerprint density at radius 1 is 1.39 bits per heavy atom. The van der Waals surface area contributed by atoms with Gasteiger partial charge in [-0.25, -0.2) is 0 Å². The number of rotatable bonds is 7. The molecule has 2 unspecified atom stereocenters. The van der Waals surface area contributed by atoms with Gasteiger partial charge in [0.1, 0.15) is 0 Å². The Bertz CT molecular complexity index is 354. The molecule has 102 valence electrons. The fourth-order valence-corrected chi connectivity index (χ4v) is 2.19. The molecular weight excluding hydrogens is 224 g/mol. The second-order valence-corrected chi connectivity index (χ2v) is 4.85. The Morgan fingerprint density at radius 3 is 2.67 bits per heavy atom. The Kier molecular flexibility index (Phi) is 6.33. The normalized spacial score (nSPS) is 14.8. The van der Waals surface area contributed by atoms with Crippen LogP contribution in [0, 0.1) is 0 Å². The first-order chi connectivity index (χ1) is 8.63. The van der Waals surface area contributed by atoms with Crippen LogP contribution in [0.4, 0.5) is 0 Å². The van der Waals surface area contributed by atoms with Crippen LogP contribution in [-0.4, -0.2) is 31.6 Å². The molecule has 0 aliphatic heterocycles. The van der Waals surface area contributed by atoms with Crippen molar-refractivity contribution in [2.75, 3.05) is 20.7 Å². The molecule has 0 saturated carbocycles. The van der Waals surface area contributed by atoms with Gasteiger partial charge in [-0.05, 0) is 31.5 Å². The quantitative estimate of drug-likeness (QED) is 0.808. The first-order valence-corrected chi connectivity index (χ1v) is 6.63. The Morgan fingerprint density at radius 2 is 2.11 bits per heavy atom. The maximum atomic E-state index is 5.95. The largest absolute Gasteiger partial charge is 0.380 e. The van der Waals surface area contributed by atoms with E-state index >= 15 is 0 Å². The second-order valence-electron chi connectivity index (χ2n) is 4.85. The van der Waals surface area contributed by atoms with E-state index in [0.29, 0.717) is 19.2 Å². The van der Waals surface area contributed by atoms with Gasteiger partial charge in [0.2, 0.25) is 0 Å². The van der Waals surface area contributed by atoms with Crippen LogP contribution in [0.2, 0.25) is 0 Å². The highest BCUT2D eigenvalue weighted by Crippen LogP contribution is 2.22. The van der Waals surface area contributed by atoms with E-state index in [1.54, 1.807) is 7.11 Å². The Labute approximate surface area is 111 Å². The van der Waals surface area contributed by atoms with E-state index in [1.807, 2.05) is 0 Å². The molecule has 0 aromatic heterocycles. The van der Waals surface area contributed by atoms with Gasteiger partial charge in [0.25, 0.3) is 0 Å². The average molecular weight is 250 g/mol. The summed E-state index contributed by atoms with van der Waals surface area (Å²) in [6, 6.07) is 9.32. The fourth-order valence-electron chi connectivity index (χ4n) is 2.19. The zero-order chi connectivity index (χ0) is 13.5. The first kappa shape index (κ1) is 15.2. The number of ether oxygens (including phenoxy) is 1. The van der Waals surface area contributed by atoms with Crippen molar-refractivity contribution in [1.29, 1.82) is 0 Å². The summed E-state index contributed by atoms with van der Waals surface area (Å²) in [4.78, 5) is 2.35. The number of benzene rings is 1. The predicted octanol–water partition coefficient (Wildman–Crippen LogP) is 2.56. The molecule has 3 nitrogen and oxygen atoms in total. The Hall–Kier alpha value is -0.900. The summed E-state index contributed by atoms with van der Waals surface area (Å²) in [7, 11) is 3.87. The van der Waals surface area contributed by atoms with Gasteiger partial charge in [-0.2, -0.15) is 0 Å². The van der Waals surface area contributed by atoms with Crippen LogP contribution in [0.5, 0.6) is 0 Å². The van der Waals surface area contributed by atoms with Crippen molar-refractivity contribution in [3.8, 4) is 0 Å². The summed E-state index contributed by atoms with van der Waals surface area (Å²) in [5, 5.41) is 0. The number of hydrogen-bond acceptors (Lipinski definition) is 3. The van der Waals surface area contributed by atoms with E-state index in [0.717, 1.165) is 6.42 Å². The topological polar surface area (TPSA) is 38.5 Å². The minimum absolute atomic E-state index is 0.275. The van der Waals surface area contributed by atoms with E-state index in [4.69, 9.17) is 10.5 Å². The van der Waals surface area contributed by atoms with E-state index in [9.17, 15) is 0 Å². The van der Waals surface area contributed by atoms with Gasteiger partial charge >= 0.3 is 0 Å². The van der Waals surface area contributed by atoms with Crippen LogP contribution in [-0.2, 0) is 11.3 Å². The van der Waals surface area contributed by atoms with Crippen molar-refractivity contribution in [3.05, 3.63) is 35.4 Å². The highest BCUT2D eigenvalue weighted by molar-refractivity contribution is 5.26. The molecule has 3 heteroatoms. The SMILES string of the molecule is CCC(C)N(C)C(CN)c1cccc(COC)c1. The van der Waals surface area contributed by atoms with E-state index < -0.39 is 0 Å². The lowest BCUT2D eigenvalue weighted by Gasteiger charge is -2.32. The lowest BCUT2D eigenvalue weighted by molar-refractivity contribution is 0.180. The molecule has 2 atom stereocenters. The van der Waals surface area contributed by atoms with Crippen molar-refractivity contribution in [2.24, 2.45) is 5.73 Å². The third-order valence-electron chi connectivity index (χ3n) is 3.65. The van der Waals surface area contributed by atoms with E-state index in [-0.39, 0.29) is 6.04 Å². The summed E-state index contributed by atoms with van der Waals surface area (Å²) >= 11 is 0. The van der Waals surface area contributed by atoms with Crippen LogP contribution in [0.1, 0.15) is 37.4 Å². The minimum Gasteiger partial charge on any atom is -0.380 e. The molecule has 0 heterocycles. The molecule has 0 amide bonds. The highest BCUT2D eigenvalue weighted by Gasteiger charge is 2.19. The Balaban J connectivity index is 2.90. The number of nitrogens with zero attached hydrogens (tertiary/aromatic N) is 1. The molecule has 1 aromatic rings. The van der Waals surface area contributed by atoms with Crippen LogP contribution >= 0.6 is 0 Å². The van der Waals surface area contributed by atoms with Crippen LogP contribution in [0.3, 0.4) is 0 Å². The first-order valence-electron chi connectivity index (χ1n) is 6.63. The molecule has 0 aliphatic rings. The van der Waals surface area contributed by atoms with E-state index in [1.165, 1.54) is 11.1 Å². The molecule has 0 bridgehead atoms. The summed E-state index contributed by atoms with van der Waals surface area (Å²) in [5.41, 5.74) is 8.42. The zero-order valence-electron chi connectivity index (χ0n) is 12.0. The van der Waals surface area contributed by atoms with Gasteiger partial charge in [0, 0.05) is 25.7 Å². The predicted molar refractivity (Wildman–Crippen MR) is 76.5 cm³/mol. The summed E-state index contributed by atoms with van der Waals surface area (Å²) < 4.78 is 5.18. The van der Waals surface area contributed by atoms with Gasteiger partial charge in [0.15, 0.2) is 0 Å². The third kappa shape index (κ3) is 3.80. The summed E-state index contributed by atoms with van der Waals surface area (Å²) in [5.74, 6) is 0. The molecule has 0 radical (unpaired) electrons. The van der Waals surface area contributed by atoms with Crippen molar-refractivity contribution in [3.63, 3.8) is 0 Å². The monoisotopic (exact) mass is 250 g/mol. The molecular formula is C15H26N2O. The van der Waals surface area contributed by atoms with Gasteiger partial charge in [-0.15, -0.1) is 0 Å². The second kappa shape index (κ2) is 7.52. The maximum absolute atomic E-state index is 5.95. The molecule has 2 N–H and O–H groups in total. The molecule has 0 spiro atoms. The molecule has 0 saturated heterocycles. The van der Waals surface area contributed by atoms with Gasteiger partial charge < -0.3 is 10.5 Å². The van der Waals surface area contributed by atoms with Crippen LogP contribution < -0.4 is 5.73 Å². The number of hydrogen-bond donors (Lipinski definition) is 1. The van der Waals surface area contributed by atoms with E-state index in [2.05, 4.69) is 50.1 Å². The molecule has 0 aliphatic carbocycles. The zero-order valence-corrected chi connectivity index (χ0v) is 12.0. The van der Waals surface area contributed by atoms with Gasteiger partial charge in [0.05, 0.1) is 6.61 Å². The number of nitrogens with two attached hydrogens (primary N) is 1. The summed E-state index contributed by atoms with van der Waals surface area (Å²) in [6.45, 7) is 5.73. The summed E-state index contributed by atoms with van der Waals surface area (Å²) in [6.07, 6.45) is 1.13. The number of methoxy groups -OCH3 is 1. The molecule has 18 heavy (non-hydrogen) atoms. The molecule has 1 aromatic carbocycles. The number of likely N-dealkylation sites (N-methyl/N-ethyl adjacent to an activating group) is 1. The van der Waals surface area contributed by atoms with Crippen molar-refractivity contribution < 1.29 is 4.74 Å². The van der Waals surface area contributed by atoms with Gasteiger partial charge in [-0.3, -0.25) is 4.90 Å². The standard InChI is InChI=1S/C15H26N2O/c1-5-12(2)17(3)15(10-16)14-8-6-7-13(9-14)11-18-4/h6-9,12,15H,5,10-11,16H2,1-4H3. The average Bonchev–Trinajstić information content (AvgIpc) is 2.39. The lowest BCUT2D eigenvalue weighted by Crippen LogP contribution is -2.36. The van der Waals surface area contributed by atoms with Crippen molar-refractivity contribution >= 4 is 0 Å². The maximum Gasteiger partial charge on any atom is 0.0713 e. The van der Waals surface area contributed by atoms with Crippen molar-refractivity contribution in [2.45, 2.75) is 39.0 Å².